The molecule has 0 atom stereocenters. The summed E-state index contributed by atoms with van der Waals surface area (Å²) in [4.78, 5) is 0.235. The molecule has 8 aromatic carbocycles. The zero-order valence-corrected chi connectivity index (χ0v) is 53.5. The van der Waals surface area contributed by atoms with E-state index in [1.165, 1.54) is 8.61 Å². The zero-order chi connectivity index (χ0) is 62.8. The largest absolute Gasteiger partial charge is 0.491 e. The molecular formula is C73H80N2O14S2. The second kappa shape index (κ2) is 31.5. The summed E-state index contributed by atoms with van der Waals surface area (Å²) in [6.07, 6.45) is 1.97. The van der Waals surface area contributed by atoms with Crippen molar-refractivity contribution < 1.29 is 64.2 Å². The lowest BCUT2D eigenvalue weighted by molar-refractivity contribution is -0.00706. The average Bonchev–Trinajstić information content (AvgIpc) is 1.36. The van der Waals surface area contributed by atoms with Gasteiger partial charge in [-0.05, 0) is 101 Å². The summed E-state index contributed by atoms with van der Waals surface area (Å²) in [6, 6.07) is 53.3. The molecule has 0 N–H and O–H groups in total. The monoisotopic (exact) mass is 1270 g/mol. The van der Waals surface area contributed by atoms with Crippen LogP contribution in [0.4, 0.5) is 0 Å². The SMILES string of the molecule is Cc1ccc(S(=O)(=O)N2CCCN(S(=O)(=O)c3ccc(C)cc3)Cc3ccccc3OCCOc3c4cccc3Cc3cccc5c3OCCOCCOCCOCCOCCOc3c(cccc3C4)Cc3cccc(c3OCCOc3ccccc3C2)C5)cc1. The highest BCUT2D eigenvalue weighted by Gasteiger charge is 2.30. The Balaban J connectivity index is 1.02. The number of ether oxygens (including phenoxy) is 10. The maximum Gasteiger partial charge on any atom is 0.243 e. The van der Waals surface area contributed by atoms with E-state index >= 15 is 0 Å². The van der Waals surface area contributed by atoms with Crippen LogP contribution in [0.1, 0.15) is 73.2 Å². The number of benzene rings is 8. The van der Waals surface area contributed by atoms with E-state index in [4.69, 9.17) is 47.4 Å². The molecular weight excluding hydrogens is 1190 g/mol. The van der Waals surface area contributed by atoms with Gasteiger partial charge in [-0.15, -0.1) is 0 Å². The third kappa shape index (κ3) is 16.8. The van der Waals surface area contributed by atoms with Gasteiger partial charge in [-0.3, -0.25) is 0 Å². The van der Waals surface area contributed by atoms with Crippen LogP contribution in [0.15, 0.2) is 180 Å². The Morgan fingerprint density at radius 1 is 0.286 bits per heavy atom. The van der Waals surface area contributed by atoms with Crippen molar-refractivity contribution in [3.05, 3.63) is 237 Å². The second-order valence-corrected chi connectivity index (χ2v) is 26.6. The predicted molar refractivity (Wildman–Crippen MR) is 348 cm³/mol. The Hall–Kier alpha value is -7.78. The molecule has 18 heteroatoms. The highest BCUT2D eigenvalue weighted by molar-refractivity contribution is 7.89. The molecule has 0 spiro atoms. The van der Waals surface area contributed by atoms with Gasteiger partial charge in [0.05, 0.1) is 62.6 Å². The van der Waals surface area contributed by atoms with Crippen LogP contribution in [0.2, 0.25) is 0 Å². The molecule has 8 aromatic rings. The van der Waals surface area contributed by atoms with Crippen LogP contribution in [0.25, 0.3) is 0 Å². The fourth-order valence-corrected chi connectivity index (χ4v) is 14.5. The maximum atomic E-state index is 14.9. The Morgan fingerprint density at radius 3 is 0.846 bits per heavy atom. The fourth-order valence-electron chi connectivity index (χ4n) is 11.6. The van der Waals surface area contributed by atoms with Crippen molar-refractivity contribution in [2.24, 2.45) is 0 Å². The van der Waals surface area contributed by atoms with Gasteiger partial charge in [0.2, 0.25) is 20.0 Å². The first-order valence-electron chi connectivity index (χ1n) is 31.3. The van der Waals surface area contributed by atoms with E-state index in [0.29, 0.717) is 113 Å². The lowest BCUT2D eigenvalue weighted by Crippen LogP contribution is -2.36. The normalized spacial score (nSPS) is 17.0. The first kappa shape index (κ1) is 64.7. The number of para-hydroxylation sites is 6. The van der Waals surface area contributed by atoms with E-state index in [9.17, 15) is 16.8 Å². The van der Waals surface area contributed by atoms with Crippen LogP contribution < -0.4 is 28.4 Å². The van der Waals surface area contributed by atoms with Crippen LogP contribution >= 0.6 is 0 Å². The van der Waals surface area contributed by atoms with Gasteiger partial charge in [0, 0.05) is 63.0 Å². The summed E-state index contributed by atoms with van der Waals surface area (Å²) in [6.45, 7) is 7.79. The van der Waals surface area contributed by atoms with E-state index in [0.717, 1.165) is 67.1 Å². The van der Waals surface area contributed by atoms with E-state index in [1.54, 1.807) is 48.5 Å². The molecule has 478 valence electrons. The standard InChI is InChI=1S/C73H80N2O14S2/c1-54-24-28-66(29-25-54)90(76,77)74-32-11-33-75(91(78,79)67-30-26-55(2)27-31-67)53-65-13-4-6-23-69(65)85-45-47-89-73-62-20-10-21-63(73)51-59-17-8-15-57-49-61-19-9-18-60(72(61)88-46-44-84-68-22-5-3-12-64(68)52-74)48-56-14-7-16-58(50-62)70(56)86-42-40-82-38-36-80-34-35-81-37-39-83-41-43-87-71(57)59/h3-10,12-31H,11,32-53H2,1-2H3. The molecule has 91 heavy (non-hydrogen) atoms. The number of aryl methyl sites for hydroxylation is 2. The van der Waals surface area contributed by atoms with Crippen molar-refractivity contribution in [2.45, 2.75) is 68.8 Å². The Morgan fingerprint density at radius 2 is 0.538 bits per heavy atom. The van der Waals surface area contributed by atoms with Crippen LogP contribution in [-0.2, 0) is 77.8 Å². The molecule has 0 amide bonds. The van der Waals surface area contributed by atoms with E-state index < -0.39 is 20.0 Å². The van der Waals surface area contributed by atoms with Crippen LogP contribution in [-0.4, -0.2) is 131 Å². The molecule has 0 fully saturated rings. The van der Waals surface area contributed by atoms with Gasteiger partial charge in [0.1, 0.15) is 74.1 Å². The molecule has 0 radical (unpaired) electrons. The van der Waals surface area contributed by atoms with Crippen LogP contribution in [0.3, 0.4) is 0 Å². The quantitative estimate of drug-likeness (QED) is 0.163. The topological polar surface area (TPSA) is 167 Å². The van der Waals surface area contributed by atoms with Gasteiger partial charge in [0.25, 0.3) is 0 Å². The van der Waals surface area contributed by atoms with Crippen molar-refractivity contribution >= 4 is 20.0 Å². The molecule has 4 aliphatic rings. The van der Waals surface area contributed by atoms with Gasteiger partial charge in [-0.1, -0.05) is 145 Å². The number of hydrogen-bond acceptors (Lipinski definition) is 14. The maximum absolute atomic E-state index is 14.9. The third-order valence-corrected chi connectivity index (χ3v) is 20.0. The molecule has 0 unspecified atom stereocenters. The van der Waals surface area contributed by atoms with Crippen molar-refractivity contribution in [3.8, 4) is 34.5 Å². The predicted octanol–water partition coefficient (Wildman–Crippen LogP) is 11.5. The molecule has 12 bridgehead atoms. The highest BCUT2D eigenvalue weighted by Crippen LogP contribution is 2.40. The molecule has 0 saturated heterocycles. The molecule has 3 heterocycles. The second-order valence-electron chi connectivity index (χ2n) is 22.7. The Kier molecular flexibility index (Phi) is 22.4. The summed E-state index contributed by atoms with van der Waals surface area (Å²) >= 11 is 0. The van der Waals surface area contributed by atoms with Gasteiger partial charge < -0.3 is 47.4 Å². The lowest BCUT2D eigenvalue weighted by Gasteiger charge is -2.27. The average molecular weight is 1270 g/mol. The highest BCUT2D eigenvalue weighted by atomic mass is 32.2. The minimum absolute atomic E-state index is 0.0240. The Labute approximate surface area is 535 Å². The van der Waals surface area contributed by atoms with Gasteiger partial charge >= 0.3 is 0 Å². The number of fused-ring (bicyclic) bond motifs is 12. The minimum atomic E-state index is -4.15. The van der Waals surface area contributed by atoms with E-state index in [2.05, 4.69) is 72.8 Å². The van der Waals surface area contributed by atoms with E-state index in [-0.39, 0.29) is 82.0 Å². The van der Waals surface area contributed by atoms with Crippen molar-refractivity contribution in [2.75, 3.05) is 106 Å². The van der Waals surface area contributed by atoms with Crippen molar-refractivity contribution in [1.29, 1.82) is 0 Å². The molecule has 1 aliphatic carbocycles. The molecule has 12 rings (SSSR count). The lowest BCUT2D eigenvalue weighted by atomic mass is 9.91. The van der Waals surface area contributed by atoms with Gasteiger partial charge in [-0.25, -0.2) is 16.8 Å². The Bertz CT molecular complexity index is 3600. The van der Waals surface area contributed by atoms with Crippen molar-refractivity contribution in [3.63, 3.8) is 0 Å². The minimum Gasteiger partial charge on any atom is -0.491 e. The van der Waals surface area contributed by atoms with Crippen molar-refractivity contribution in [1.82, 2.24) is 8.61 Å². The molecule has 16 nitrogen and oxygen atoms in total. The third-order valence-electron chi connectivity index (χ3n) is 16.2. The fraction of sp³-hybridized carbons (Fsp3) is 0.342. The summed E-state index contributed by atoms with van der Waals surface area (Å²) in [7, 11) is -8.31. The molecule has 0 aromatic heterocycles. The number of nitrogens with zero attached hydrogens (tertiary/aromatic N) is 2. The summed E-state index contributed by atoms with van der Waals surface area (Å²) in [5.74, 6) is 3.83. The number of rotatable bonds is 4. The van der Waals surface area contributed by atoms with Crippen LogP contribution in [0, 0.1) is 13.8 Å². The number of hydrogen-bond donors (Lipinski definition) is 0. The summed E-state index contributed by atoms with van der Waals surface area (Å²) in [5, 5.41) is 0. The van der Waals surface area contributed by atoms with E-state index in [1.807, 2.05) is 62.4 Å². The van der Waals surface area contributed by atoms with Gasteiger partial charge in [0.15, 0.2) is 0 Å². The summed E-state index contributed by atoms with van der Waals surface area (Å²) in [5.41, 5.74) is 10.6. The first-order valence-corrected chi connectivity index (χ1v) is 34.2. The van der Waals surface area contributed by atoms with Gasteiger partial charge in [-0.2, -0.15) is 8.61 Å². The molecule has 3 aliphatic heterocycles. The summed E-state index contributed by atoms with van der Waals surface area (Å²) < 4.78 is 127. The molecule has 0 saturated carbocycles. The first-order chi connectivity index (χ1) is 44.5. The smallest absolute Gasteiger partial charge is 0.243 e. The van der Waals surface area contributed by atoms with Crippen LogP contribution in [0.5, 0.6) is 34.5 Å². The zero-order valence-electron chi connectivity index (χ0n) is 51.9. The number of sulfonamides is 2.